The normalized spacial score (nSPS) is 20.8. The Labute approximate surface area is 125 Å². The third-order valence-corrected chi connectivity index (χ3v) is 4.73. The number of piperidine rings is 1. The predicted octanol–water partition coefficient (Wildman–Crippen LogP) is 2.85. The molecular weight excluding hydrogens is 272 g/mol. The smallest absolute Gasteiger partial charge is 0.130 e. The maximum absolute atomic E-state index is 6.32. The number of hydrogen-bond donors (Lipinski definition) is 1. The molecule has 0 saturated carbocycles. The summed E-state index contributed by atoms with van der Waals surface area (Å²) in [7, 11) is 0. The zero-order valence-corrected chi connectivity index (χ0v) is 12.6. The minimum absolute atomic E-state index is 0.141. The Hall–Kier alpha value is -1.03. The van der Waals surface area contributed by atoms with E-state index in [1.807, 2.05) is 13.0 Å². The number of fused-ring (bicyclic) bond motifs is 1. The third-order valence-electron chi connectivity index (χ3n) is 4.32. The molecule has 0 radical (unpaired) electrons. The van der Waals surface area contributed by atoms with Crippen molar-refractivity contribution in [1.82, 2.24) is 4.90 Å². The lowest BCUT2D eigenvalue weighted by Gasteiger charge is -2.42. The van der Waals surface area contributed by atoms with Crippen LogP contribution in [0.5, 0.6) is 5.75 Å². The van der Waals surface area contributed by atoms with Gasteiger partial charge in [0.2, 0.25) is 0 Å². The average molecular weight is 293 g/mol. The topological polar surface area (TPSA) is 38.5 Å². The van der Waals surface area contributed by atoms with Crippen molar-refractivity contribution < 1.29 is 4.74 Å². The van der Waals surface area contributed by atoms with Crippen molar-refractivity contribution in [3.8, 4) is 5.75 Å². The standard InChI is InChI=1S/C16H21ClN2O/c1-12-10-15-13(11-14(12)17)2-3-16(20-15)4-7-19(8-5-16)9-6-18/h2-3,10-11H,4-9,18H2,1H3. The number of nitrogens with two attached hydrogens (primary N) is 1. The van der Waals surface area contributed by atoms with Crippen molar-refractivity contribution in [2.45, 2.75) is 25.4 Å². The first-order valence-electron chi connectivity index (χ1n) is 7.23. The summed E-state index contributed by atoms with van der Waals surface area (Å²) in [6.45, 7) is 5.81. The van der Waals surface area contributed by atoms with Gasteiger partial charge in [-0.25, -0.2) is 0 Å². The molecule has 1 aromatic carbocycles. The van der Waals surface area contributed by atoms with Crippen LogP contribution in [-0.4, -0.2) is 36.7 Å². The summed E-state index contributed by atoms with van der Waals surface area (Å²) in [5.74, 6) is 0.960. The monoisotopic (exact) mass is 292 g/mol. The van der Waals surface area contributed by atoms with Gasteiger partial charge in [0.05, 0.1) is 0 Å². The van der Waals surface area contributed by atoms with Crippen LogP contribution in [0.25, 0.3) is 6.08 Å². The number of rotatable bonds is 2. The molecule has 0 atom stereocenters. The molecular formula is C16H21ClN2O. The molecule has 1 spiro atoms. The largest absolute Gasteiger partial charge is 0.482 e. The van der Waals surface area contributed by atoms with Gasteiger partial charge >= 0.3 is 0 Å². The van der Waals surface area contributed by atoms with Crippen molar-refractivity contribution in [1.29, 1.82) is 0 Å². The van der Waals surface area contributed by atoms with E-state index in [1.165, 1.54) is 0 Å². The summed E-state index contributed by atoms with van der Waals surface area (Å²) in [5.41, 5.74) is 7.63. The van der Waals surface area contributed by atoms with Crippen LogP contribution < -0.4 is 10.5 Å². The summed E-state index contributed by atoms with van der Waals surface area (Å²) in [6.07, 6.45) is 6.40. The van der Waals surface area contributed by atoms with Crippen LogP contribution in [0.1, 0.15) is 24.0 Å². The molecule has 1 aromatic rings. The summed E-state index contributed by atoms with van der Waals surface area (Å²) in [5, 5.41) is 0.797. The molecule has 0 aliphatic carbocycles. The highest BCUT2D eigenvalue weighted by molar-refractivity contribution is 6.31. The Kier molecular flexibility index (Phi) is 3.76. The van der Waals surface area contributed by atoms with Crippen LogP contribution in [0.3, 0.4) is 0 Å². The highest BCUT2D eigenvalue weighted by Gasteiger charge is 2.36. The van der Waals surface area contributed by atoms with Gasteiger partial charge in [0.15, 0.2) is 0 Å². The minimum atomic E-state index is -0.141. The van der Waals surface area contributed by atoms with E-state index in [9.17, 15) is 0 Å². The zero-order chi connectivity index (χ0) is 14.2. The fourth-order valence-electron chi connectivity index (χ4n) is 2.99. The van der Waals surface area contributed by atoms with Crippen molar-refractivity contribution in [2.24, 2.45) is 5.73 Å². The summed E-state index contributed by atoms with van der Waals surface area (Å²) in [4.78, 5) is 2.41. The van der Waals surface area contributed by atoms with Crippen LogP contribution in [0, 0.1) is 6.92 Å². The van der Waals surface area contributed by atoms with Gasteiger partial charge in [-0.3, -0.25) is 0 Å². The predicted molar refractivity (Wildman–Crippen MR) is 83.3 cm³/mol. The maximum Gasteiger partial charge on any atom is 0.130 e. The van der Waals surface area contributed by atoms with E-state index in [4.69, 9.17) is 22.1 Å². The van der Waals surface area contributed by atoms with Gasteiger partial charge in [0.25, 0.3) is 0 Å². The number of halogens is 1. The molecule has 0 amide bonds. The average Bonchev–Trinajstić information content (AvgIpc) is 2.44. The van der Waals surface area contributed by atoms with E-state index in [-0.39, 0.29) is 5.60 Å². The number of nitrogens with zero attached hydrogens (tertiary/aromatic N) is 1. The lowest BCUT2D eigenvalue weighted by molar-refractivity contribution is 0.0398. The molecule has 2 aliphatic heterocycles. The highest BCUT2D eigenvalue weighted by atomic mass is 35.5. The summed E-state index contributed by atoms with van der Waals surface area (Å²) < 4.78 is 6.32. The van der Waals surface area contributed by atoms with E-state index in [0.29, 0.717) is 0 Å². The zero-order valence-electron chi connectivity index (χ0n) is 11.9. The van der Waals surface area contributed by atoms with Crippen molar-refractivity contribution in [3.63, 3.8) is 0 Å². The Morgan fingerprint density at radius 3 is 2.80 bits per heavy atom. The molecule has 1 saturated heterocycles. The van der Waals surface area contributed by atoms with Crippen LogP contribution in [0.2, 0.25) is 5.02 Å². The fraction of sp³-hybridized carbons (Fsp3) is 0.500. The Morgan fingerprint density at radius 2 is 2.10 bits per heavy atom. The molecule has 4 heteroatoms. The van der Waals surface area contributed by atoms with E-state index in [2.05, 4.69) is 23.1 Å². The van der Waals surface area contributed by atoms with Gasteiger partial charge in [-0.1, -0.05) is 17.7 Å². The summed E-state index contributed by atoms with van der Waals surface area (Å²) in [6, 6.07) is 4.04. The van der Waals surface area contributed by atoms with Crippen LogP contribution in [0.15, 0.2) is 18.2 Å². The van der Waals surface area contributed by atoms with Crippen molar-refractivity contribution in [3.05, 3.63) is 34.4 Å². The van der Waals surface area contributed by atoms with Gasteiger partial charge in [-0.2, -0.15) is 0 Å². The second-order valence-corrected chi connectivity index (χ2v) is 6.18. The quantitative estimate of drug-likeness (QED) is 0.911. The van der Waals surface area contributed by atoms with Gasteiger partial charge in [-0.05, 0) is 30.7 Å². The molecule has 20 heavy (non-hydrogen) atoms. The van der Waals surface area contributed by atoms with Crippen LogP contribution >= 0.6 is 11.6 Å². The van der Waals surface area contributed by atoms with E-state index in [1.54, 1.807) is 0 Å². The second-order valence-electron chi connectivity index (χ2n) is 5.77. The molecule has 2 N–H and O–H groups in total. The maximum atomic E-state index is 6.32. The first-order chi connectivity index (χ1) is 9.62. The molecule has 3 nitrogen and oxygen atoms in total. The molecule has 0 bridgehead atoms. The molecule has 1 fully saturated rings. The molecule has 2 heterocycles. The van der Waals surface area contributed by atoms with E-state index < -0.39 is 0 Å². The van der Waals surface area contributed by atoms with E-state index in [0.717, 1.165) is 60.9 Å². The lowest BCUT2D eigenvalue weighted by atomic mass is 9.88. The molecule has 3 rings (SSSR count). The lowest BCUT2D eigenvalue weighted by Crippen LogP contribution is -2.48. The van der Waals surface area contributed by atoms with Gasteiger partial charge in [-0.15, -0.1) is 0 Å². The fourth-order valence-corrected chi connectivity index (χ4v) is 3.16. The first kappa shape index (κ1) is 13.9. The molecule has 0 unspecified atom stereocenters. The first-order valence-corrected chi connectivity index (χ1v) is 7.60. The number of likely N-dealkylation sites (tertiary alicyclic amines) is 1. The molecule has 0 aromatic heterocycles. The molecule has 2 aliphatic rings. The van der Waals surface area contributed by atoms with Gasteiger partial charge in [0, 0.05) is 49.6 Å². The highest BCUT2D eigenvalue weighted by Crippen LogP contribution is 2.39. The Balaban J connectivity index is 1.78. The van der Waals surface area contributed by atoms with Gasteiger partial charge in [0.1, 0.15) is 11.4 Å². The molecule has 108 valence electrons. The summed E-state index contributed by atoms with van der Waals surface area (Å²) >= 11 is 6.17. The van der Waals surface area contributed by atoms with Crippen molar-refractivity contribution in [2.75, 3.05) is 26.2 Å². The SMILES string of the molecule is Cc1cc2c(cc1Cl)C=CC1(CCN(CCN)CC1)O2. The number of benzene rings is 1. The third kappa shape index (κ3) is 2.58. The minimum Gasteiger partial charge on any atom is -0.482 e. The van der Waals surface area contributed by atoms with Crippen molar-refractivity contribution >= 4 is 17.7 Å². The van der Waals surface area contributed by atoms with Crippen LogP contribution in [-0.2, 0) is 0 Å². The number of hydrogen-bond acceptors (Lipinski definition) is 3. The Morgan fingerprint density at radius 1 is 1.35 bits per heavy atom. The van der Waals surface area contributed by atoms with Gasteiger partial charge < -0.3 is 15.4 Å². The number of ether oxygens (including phenoxy) is 1. The number of aryl methyl sites for hydroxylation is 1. The Bertz CT molecular complexity index is 534. The van der Waals surface area contributed by atoms with Crippen LogP contribution in [0.4, 0.5) is 0 Å². The van der Waals surface area contributed by atoms with E-state index >= 15 is 0 Å². The second kappa shape index (κ2) is 5.40.